The first-order chi connectivity index (χ1) is 15.0. The molecule has 0 fully saturated rings. The number of thiophene rings is 1. The molecule has 0 radical (unpaired) electrons. The number of halogens is 2. The third-order valence-electron chi connectivity index (χ3n) is 4.47. The molecular formula is C22H17F2N3O2S2. The summed E-state index contributed by atoms with van der Waals surface area (Å²) in [5.74, 6) is -1.82. The molecule has 0 saturated carbocycles. The Morgan fingerprint density at radius 1 is 1.10 bits per heavy atom. The Bertz CT molecular complexity index is 1270. The summed E-state index contributed by atoms with van der Waals surface area (Å²) in [5.41, 5.74) is 1.19. The first-order valence-corrected chi connectivity index (χ1v) is 11.3. The van der Waals surface area contributed by atoms with Crippen molar-refractivity contribution in [1.82, 2.24) is 14.9 Å². The number of hydrogen-bond donors (Lipinski definition) is 1. The second kappa shape index (κ2) is 9.40. The second-order valence-corrected chi connectivity index (χ2v) is 8.53. The van der Waals surface area contributed by atoms with E-state index < -0.39 is 17.2 Å². The fourth-order valence-electron chi connectivity index (χ4n) is 3.06. The van der Waals surface area contributed by atoms with Gasteiger partial charge in [-0.3, -0.25) is 14.2 Å². The Morgan fingerprint density at radius 2 is 1.84 bits per heavy atom. The van der Waals surface area contributed by atoms with Crippen LogP contribution < -0.4 is 10.9 Å². The van der Waals surface area contributed by atoms with Gasteiger partial charge in [0.1, 0.15) is 16.3 Å². The minimum atomic E-state index is -0.803. The van der Waals surface area contributed by atoms with Gasteiger partial charge in [-0.05, 0) is 35.6 Å². The lowest BCUT2D eigenvalue weighted by Gasteiger charge is -2.12. The van der Waals surface area contributed by atoms with E-state index in [-0.39, 0.29) is 22.5 Å². The van der Waals surface area contributed by atoms with Gasteiger partial charge in [0.05, 0.1) is 17.0 Å². The van der Waals surface area contributed by atoms with Gasteiger partial charge in [0, 0.05) is 12.6 Å². The Balaban J connectivity index is 1.54. The molecule has 0 spiro atoms. The van der Waals surface area contributed by atoms with E-state index in [0.29, 0.717) is 23.2 Å². The highest BCUT2D eigenvalue weighted by Crippen LogP contribution is 2.24. The number of nitrogens with one attached hydrogen (secondary N) is 1. The van der Waals surface area contributed by atoms with Crippen LogP contribution in [0.2, 0.25) is 0 Å². The van der Waals surface area contributed by atoms with E-state index in [4.69, 9.17) is 0 Å². The first kappa shape index (κ1) is 21.2. The zero-order chi connectivity index (χ0) is 21.8. The molecule has 9 heteroatoms. The Kier molecular flexibility index (Phi) is 6.43. The van der Waals surface area contributed by atoms with Gasteiger partial charge in [-0.15, -0.1) is 11.3 Å². The Labute approximate surface area is 184 Å². The second-order valence-electron chi connectivity index (χ2n) is 6.67. The summed E-state index contributed by atoms with van der Waals surface area (Å²) >= 11 is 2.24. The van der Waals surface area contributed by atoms with E-state index in [1.54, 1.807) is 11.4 Å². The van der Waals surface area contributed by atoms with Crippen LogP contribution in [0.25, 0.3) is 15.9 Å². The molecule has 0 saturated heterocycles. The number of carbonyl (C=O) groups is 1. The molecule has 4 rings (SSSR count). The molecule has 4 aromatic rings. The van der Waals surface area contributed by atoms with Gasteiger partial charge in [0.15, 0.2) is 5.16 Å². The van der Waals surface area contributed by atoms with Gasteiger partial charge in [-0.25, -0.2) is 13.8 Å². The normalized spacial score (nSPS) is 11.0. The minimum absolute atomic E-state index is 0.00860. The number of benzene rings is 2. The molecule has 2 aromatic carbocycles. The quantitative estimate of drug-likeness (QED) is 0.334. The zero-order valence-electron chi connectivity index (χ0n) is 16.2. The van der Waals surface area contributed by atoms with Crippen LogP contribution in [-0.2, 0) is 11.2 Å². The van der Waals surface area contributed by atoms with E-state index in [1.165, 1.54) is 11.3 Å². The third kappa shape index (κ3) is 5.00. The molecule has 1 N–H and O–H groups in total. The van der Waals surface area contributed by atoms with Crippen molar-refractivity contribution >= 4 is 39.2 Å². The van der Waals surface area contributed by atoms with Crippen LogP contribution in [0, 0.1) is 11.6 Å². The molecule has 0 unspecified atom stereocenters. The van der Waals surface area contributed by atoms with Crippen LogP contribution in [0.4, 0.5) is 8.78 Å². The Hall–Kier alpha value is -3.04. The molecule has 0 aliphatic heterocycles. The molecule has 0 atom stereocenters. The minimum Gasteiger partial charge on any atom is -0.355 e. The van der Waals surface area contributed by atoms with Crippen molar-refractivity contribution in [2.75, 3.05) is 12.3 Å². The van der Waals surface area contributed by atoms with Crippen molar-refractivity contribution in [2.24, 2.45) is 0 Å². The van der Waals surface area contributed by atoms with E-state index in [9.17, 15) is 18.4 Å². The molecule has 31 heavy (non-hydrogen) atoms. The van der Waals surface area contributed by atoms with Crippen LogP contribution in [0.5, 0.6) is 0 Å². The summed E-state index contributed by atoms with van der Waals surface area (Å²) in [6, 6.07) is 14.3. The molecule has 0 aliphatic rings. The number of hydrogen-bond acceptors (Lipinski definition) is 5. The van der Waals surface area contributed by atoms with Crippen molar-refractivity contribution in [1.29, 1.82) is 0 Å². The highest BCUT2D eigenvalue weighted by atomic mass is 32.2. The van der Waals surface area contributed by atoms with Crippen molar-refractivity contribution in [3.8, 4) is 5.69 Å². The SMILES string of the molecule is O=C(CSc1nc2ccsc2c(=O)n1-c1cc(F)cc(F)c1)NCCc1ccccc1. The number of thioether (sulfide) groups is 1. The van der Waals surface area contributed by atoms with E-state index in [1.807, 2.05) is 30.3 Å². The maximum atomic E-state index is 13.8. The largest absolute Gasteiger partial charge is 0.355 e. The lowest BCUT2D eigenvalue weighted by molar-refractivity contribution is -0.118. The maximum absolute atomic E-state index is 13.8. The van der Waals surface area contributed by atoms with Crippen molar-refractivity contribution in [3.05, 3.63) is 87.5 Å². The number of fused-ring (bicyclic) bond motifs is 1. The number of aromatic nitrogens is 2. The van der Waals surface area contributed by atoms with Crippen molar-refractivity contribution < 1.29 is 13.6 Å². The number of amides is 1. The molecule has 5 nitrogen and oxygen atoms in total. The molecule has 2 heterocycles. The fraction of sp³-hybridized carbons (Fsp3) is 0.136. The van der Waals surface area contributed by atoms with Gasteiger partial charge < -0.3 is 5.32 Å². The first-order valence-electron chi connectivity index (χ1n) is 9.41. The third-order valence-corrected chi connectivity index (χ3v) is 6.30. The van der Waals surface area contributed by atoms with Gasteiger partial charge in [-0.1, -0.05) is 42.1 Å². The molecule has 1 amide bonds. The smallest absolute Gasteiger partial charge is 0.276 e. The lowest BCUT2D eigenvalue weighted by atomic mass is 10.1. The summed E-state index contributed by atoms with van der Waals surface area (Å²) in [5, 5.41) is 4.75. The Morgan fingerprint density at radius 3 is 2.58 bits per heavy atom. The predicted octanol–water partition coefficient (Wildman–Crippen LogP) is 4.18. The van der Waals surface area contributed by atoms with Crippen LogP contribution in [-0.4, -0.2) is 27.8 Å². The van der Waals surface area contributed by atoms with Crippen LogP contribution in [0.1, 0.15) is 5.56 Å². The zero-order valence-corrected chi connectivity index (χ0v) is 17.8. The van der Waals surface area contributed by atoms with Gasteiger partial charge in [0.25, 0.3) is 5.56 Å². The number of carbonyl (C=O) groups excluding carboxylic acids is 1. The standard InChI is InChI=1S/C22H17F2N3O2S2/c23-15-10-16(24)12-17(11-15)27-21(29)20-18(7-9-30-20)26-22(27)31-13-19(28)25-8-6-14-4-2-1-3-5-14/h1-5,7,9-12H,6,8,13H2,(H,25,28). The van der Waals surface area contributed by atoms with Gasteiger partial charge >= 0.3 is 0 Å². The van der Waals surface area contributed by atoms with Crippen LogP contribution >= 0.6 is 23.1 Å². The van der Waals surface area contributed by atoms with Crippen LogP contribution in [0.3, 0.4) is 0 Å². The molecular weight excluding hydrogens is 440 g/mol. The van der Waals surface area contributed by atoms with E-state index in [2.05, 4.69) is 10.3 Å². The summed E-state index contributed by atoms with van der Waals surface area (Å²) in [4.78, 5) is 29.7. The van der Waals surface area contributed by atoms with Crippen LogP contribution in [0.15, 0.2) is 69.9 Å². The fourth-order valence-corrected chi connectivity index (χ4v) is 4.66. The highest BCUT2D eigenvalue weighted by molar-refractivity contribution is 7.99. The predicted molar refractivity (Wildman–Crippen MR) is 119 cm³/mol. The topological polar surface area (TPSA) is 64.0 Å². The van der Waals surface area contributed by atoms with E-state index in [0.717, 1.165) is 40.1 Å². The maximum Gasteiger partial charge on any atom is 0.276 e. The average Bonchev–Trinajstić information content (AvgIpc) is 3.21. The summed E-state index contributed by atoms with van der Waals surface area (Å²) in [6.07, 6.45) is 0.698. The van der Waals surface area contributed by atoms with Gasteiger partial charge in [-0.2, -0.15) is 0 Å². The summed E-state index contributed by atoms with van der Waals surface area (Å²) < 4.78 is 29.1. The summed E-state index contributed by atoms with van der Waals surface area (Å²) in [7, 11) is 0. The molecule has 2 aromatic heterocycles. The van der Waals surface area contributed by atoms with Crippen molar-refractivity contribution in [3.63, 3.8) is 0 Å². The number of nitrogens with zero attached hydrogens (tertiary/aromatic N) is 2. The van der Waals surface area contributed by atoms with Crippen molar-refractivity contribution in [2.45, 2.75) is 11.6 Å². The summed E-state index contributed by atoms with van der Waals surface area (Å²) in [6.45, 7) is 0.475. The number of rotatable bonds is 7. The molecule has 0 bridgehead atoms. The molecule has 158 valence electrons. The highest BCUT2D eigenvalue weighted by Gasteiger charge is 2.17. The lowest BCUT2D eigenvalue weighted by Crippen LogP contribution is -2.28. The average molecular weight is 458 g/mol. The van der Waals surface area contributed by atoms with Gasteiger partial charge in [0.2, 0.25) is 5.91 Å². The monoisotopic (exact) mass is 457 g/mol. The molecule has 0 aliphatic carbocycles. The van der Waals surface area contributed by atoms with E-state index >= 15 is 0 Å².